The average molecular weight is 240 g/mol. The molecule has 0 bridgehead atoms. The molecular formula is C14H28N2O. The van der Waals surface area contributed by atoms with Crippen LogP contribution in [0.3, 0.4) is 0 Å². The lowest BCUT2D eigenvalue weighted by Crippen LogP contribution is -2.45. The van der Waals surface area contributed by atoms with Crippen molar-refractivity contribution in [2.24, 2.45) is 0 Å². The summed E-state index contributed by atoms with van der Waals surface area (Å²) in [4.78, 5) is 11.8. The molecule has 1 aliphatic rings. The number of nitrogens with one attached hydrogen (secondary N) is 2. The second-order valence-electron chi connectivity index (χ2n) is 5.23. The van der Waals surface area contributed by atoms with Crippen LogP contribution in [0.15, 0.2) is 0 Å². The fourth-order valence-corrected chi connectivity index (χ4v) is 2.36. The molecule has 0 radical (unpaired) electrons. The Bertz CT molecular complexity index is 212. The van der Waals surface area contributed by atoms with Crippen LogP contribution in [0, 0.1) is 0 Å². The van der Waals surface area contributed by atoms with Crippen molar-refractivity contribution in [1.29, 1.82) is 0 Å². The summed E-state index contributed by atoms with van der Waals surface area (Å²) in [6.45, 7) is 5.13. The third kappa shape index (κ3) is 6.06. The van der Waals surface area contributed by atoms with E-state index >= 15 is 0 Å². The average Bonchev–Trinajstić information content (AvgIpc) is 2.81. The lowest BCUT2D eigenvalue weighted by Gasteiger charge is -2.17. The maximum atomic E-state index is 11.8. The highest BCUT2D eigenvalue weighted by Crippen LogP contribution is 2.17. The molecule has 3 heteroatoms. The smallest absolute Gasteiger partial charge is 0.237 e. The fraction of sp³-hybridized carbons (Fsp3) is 0.929. The van der Waals surface area contributed by atoms with E-state index in [0.29, 0.717) is 6.04 Å². The molecule has 0 aromatic heterocycles. The fourth-order valence-electron chi connectivity index (χ4n) is 2.36. The Morgan fingerprint density at radius 3 is 2.59 bits per heavy atom. The number of carbonyl (C=O) groups is 1. The van der Waals surface area contributed by atoms with Gasteiger partial charge in [0, 0.05) is 6.04 Å². The Hall–Kier alpha value is -0.570. The zero-order valence-electron chi connectivity index (χ0n) is 11.4. The zero-order valence-corrected chi connectivity index (χ0v) is 11.4. The molecule has 1 unspecified atom stereocenters. The van der Waals surface area contributed by atoms with Crippen LogP contribution >= 0.6 is 0 Å². The topological polar surface area (TPSA) is 41.1 Å². The van der Waals surface area contributed by atoms with Gasteiger partial charge in [-0.3, -0.25) is 4.79 Å². The van der Waals surface area contributed by atoms with E-state index in [9.17, 15) is 4.79 Å². The van der Waals surface area contributed by atoms with Crippen molar-refractivity contribution in [2.45, 2.75) is 77.3 Å². The first kappa shape index (κ1) is 14.5. The summed E-state index contributed by atoms with van der Waals surface area (Å²) in [6.07, 6.45) is 9.86. The summed E-state index contributed by atoms with van der Waals surface area (Å²) in [5.41, 5.74) is 0. The van der Waals surface area contributed by atoms with Crippen molar-refractivity contribution in [3.63, 3.8) is 0 Å². The van der Waals surface area contributed by atoms with Crippen LogP contribution in [0.2, 0.25) is 0 Å². The Morgan fingerprint density at radius 1 is 1.24 bits per heavy atom. The van der Waals surface area contributed by atoms with Gasteiger partial charge in [0.2, 0.25) is 5.91 Å². The standard InChI is InChI=1S/C14H28N2O/c1-3-4-5-8-11-15-12(2)14(17)16-13-9-6-7-10-13/h12-13,15H,3-11H2,1-2H3,(H,16,17). The van der Waals surface area contributed by atoms with Gasteiger partial charge in [-0.1, -0.05) is 39.0 Å². The summed E-state index contributed by atoms with van der Waals surface area (Å²) < 4.78 is 0. The van der Waals surface area contributed by atoms with Gasteiger partial charge in [-0.2, -0.15) is 0 Å². The summed E-state index contributed by atoms with van der Waals surface area (Å²) in [5.74, 6) is 0.174. The molecule has 0 spiro atoms. The van der Waals surface area contributed by atoms with Gasteiger partial charge in [0.1, 0.15) is 0 Å². The zero-order chi connectivity index (χ0) is 12.5. The Morgan fingerprint density at radius 2 is 1.94 bits per heavy atom. The molecule has 0 aromatic rings. The molecule has 1 saturated carbocycles. The number of carbonyl (C=O) groups excluding carboxylic acids is 1. The summed E-state index contributed by atoms with van der Waals surface area (Å²) >= 11 is 0. The van der Waals surface area contributed by atoms with Crippen LogP contribution in [0.25, 0.3) is 0 Å². The molecule has 0 heterocycles. The minimum Gasteiger partial charge on any atom is -0.352 e. The van der Waals surface area contributed by atoms with Crippen molar-refractivity contribution in [1.82, 2.24) is 10.6 Å². The maximum Gasteiger partial charge on any atom is 0.237 e. The minimum absolute atomic E-state index is 0.0442. The molecule has 1 fully saturated rings. The Balaban J connectivity index is 2.05. The third-order valence-electron chi connectivity index (χ3n) is 3.58. The second-order valence-corrected chi connectivity index (χ2v) is 5.23. The van der Waals surface area contributed by atoms with E-state index in [-0.39, 0.29) is 11.9 Å². The van der Waals surface area contributed by atoms with Crippen molar-refractivity contribution in [3.05, 3.63) is 0 Å². The summed E-state index contributed by atoms with van der Waals surface area (Å²) in [5, 5.41) is 6.43. The number of unbranched alkanes of at least 4 members (excludes halogenated alkanes) is 3. The van der Waals surface area contributed by atoms with Gasteiger partial charge >= 0.3 is 0 Å². The summed E-state index contributed by atoms with van der Waals surface area (Å²) in [6, 6.07) is 0.393. The van der Waals surface area contributed by atoms with Crippen molar-refractivity contribution >= 4 is 5.91 Å². The highest BCUT2D eigenvalue weighted by molar-refractivity contribution is 5.81. The van der Waals surface area contributed by atoms with Gasteiger partial charge in [0.05, 0.1) is 6.04 Å². The predicted octanol–water partition coefficient (Wildman–Crippen LogP) is 2.60. The van der Waals surface area contributed by atoms with Crippen LogP contribution < -0.4 is 10.6 Å². The molecule has 2 N–H and O–H groups in total. The first-order chi connectivity index (χ1) is 8.24. The van der Waals surface area contributed by atoms with Crippen molar-refractivity contribution in [2.75, 3.05) is 6.54 Å². The first-order valence-corrected chi connectivity index (χ1v) is 7.27. The predicted molar refractivity (Wildman–Crippen MR) is 72.0 cm³/mol. The Kier molecular flexibility index (Phi) is 7.25. The van der Waals surface area contributed by atoms with Crippen LogP contribution in [0.5, 0.6) is 0 Å². The Labute approximate surface area is 106 Å². The molecule has 0 aliphatic heterocycles. The van der Waals surface area contributed by atoms with E-state index in [1.165, 1.54) is 38.5 Å². The minimum atomic E-state index is -0.0442. The van der Waals surface area contributed by atoms with E-state index in [2.05, 4.69) is 17.6 Å². The van der Waals surface area contributed by atoms with Gasteiger partial charge in [-0.15, -0.1) is 0 Å². The summed E-state index contributed by atoms with van der Waals surface area (Å²) in [7, 11) is 0. The lowest BCUT2D eigenvalue weighted by molar-refractivity contribution is -0.123. The van der Waals surface area contributed by atoms with Crippen LogP contribution in [0.4, 0.5) is 0 Å². The van der Waals surface area contributed by atoms with Crippen molar-refractivity contribution < 1.29 is 4.79 Å². The maximum absolute atomic E-state index is 11.8. The second kappa shape index (κ2) is 8.51. The molecule has 0 saturated heterocycles. The lowest BCUT2D eigenvalue weighted by atomic mass is 10.2. The van der Waals surface area contributed by atoms with E-state index < -0.39 is 0 Å². The van der Waals surface area contributed by atoms with E-state index in [4.69, 9.17) is 0 Å². The third-order valence-corrected chi connectivity index (χ3v) is 3.58. The molecule has 1 amide bonds. The number of rotatable bonds is 8. The molecule has 0 aromatic carbocycles. The van der Waals surface area contributed by atoms with Crippen LogP contribution in [0.1, 0.15) is 65.2 Å². The van der Waals surface area contributed by atoms with E-state index in [1.807, 2.05) is 6.92 Å². The van der Waals surface area contributed by atoms with Gasteiger partial charge in [0.25, 0.3) is 0 Å². The molecule has 1 aliphatic carbocycles. The largest absolute Gasteiger partial charge is 0.352 e. The van der Waals surface area contributed by atoms with Gasteiger partial charge < -0.3 is 10.6 Å². The quantitative estimate of drug-likeness (QED) is 0.640. The van der Waals surface area contributed by atoms with Gasteiger partial charge in [-0.05, 0) is 32.7 Å². The highest BCUT2D eigenvalue weighted by Gasteiger charge is 2.19. The van der Waals surface area contributed by atoms with E-state index in [1.54, 1.807) is 0 Å². The van der Waals surface area contributed by atoms with Crippen LogP contribution in [-0.4, -0.2) is 24.5 Å². The SMILES string of the molecule is CCCCCCNC(C)C(=O)NC1CCCC1. The number of amides is 1. The number of hydrogen-bond acceptors (Lipinski definition) is 2. The van der Waals surface area contributed by atoms with E-state index in [0.717, 1.165) is 19.4 Å². The van der Waals surface area contributed by atoms with Crippen LogP contribution in [-0.2, 0) is 4.79 Å². The molecule has 3 nitrogen and oxygen atoms in total. The monoisotopic (exact) mass is 240 g/mol. The van der Waals surface area contributed by atoms with Gasteiger partial charge in [0.15, 0.2) is 0 Å². The van der Waals surface area contributed by atoms with Crippen molar-refractivity contribution in [3.8, 4) is 0 Å². The molecule has 1 atom stereocenters. The normalized spacial score (nSPS) is 18.2. The highest BCUT2D eigenvalue weighted by atomic mass is 16.2. The number of hydrogen-bond donors (Lipinski definition) is 2. The molecule has 1 rings (SSSR count). The van der Waals surface area contributed by atoms with Gasteiger partial charge in [-0.25, -0.2) is 0 Å². The first-order valence-electron chi connectivity index (χ1n) is 7.27. The molecule has 17 heavy (non-hydrogen) atoms. The molecule has 100 valence electrons. The molecular weight excluding hydrogens is 212 g/mol.